The fourth-order valence-electron chi connectivity index (χ4n) is 1.42. The normalized spacial score (nSPS) is 14.5. The van der Waals surface area contributed by atoms with Crippen LogP contribution < -0.4 is 10.5 Å². The molecule has 2 N–H and O–H groups in total. The van der Waals surface area contributed by atoms with Gasteiger partial charge in [0.2, 0.25) is 0 Å². The lowest BCUT2D eigenvalue weighted by molar-refractivity contribution is -0.275. The van der Waals surface area contributed by atoms with E-state index < -0.39 is 12.4 Å². The highest BCUT2D eigenvalue weighted by molar-refractivity contribution is 5.36. The third kappa shape index (κ3) is 3.93. The van der Waals surface area contributed by atoms with Crippen molar-refractivity contribution in [2.24, 2.45) is 11.1 Å². The molecule has 0 aliphatic rings. The Hall–Kier alpha value is -1.23. The van der Waals surface area contributed by atoms with Crippen molar-refractivity contribution in [3.8, 4) is 5.75 Å². The number of rotatable bonds is 2. The highest BCUT2D eigenvalue weighted by Crippen LogP contribution is 2.37. The number of benzene rings is 1. The average molecular weight is 247 g/mol. The Kier molecular flexibility index (Phi) is 3.71. The molecule has 17 heavy (non-hydrogen) atoms. The maximum absolute atomic E-state index is 12.2. The SMILES string of the molecule is CC(C)(C)[C@H](N)c1ccccc1OC(F)(F)F. The second-order valence-corrected chi connectivity index (χ2v) is 4.93. The summed E-state index contributed by atoms with van der Waals surface area (Å²) in [7, 11) is 0. The molecule has 0 saturated carbocycles. The number of alkyl halides is 3. The Balaban J connectivity index is 3.08. The molecular weight excluding hydrogens is 231 g/mol. The first-order valence-electron chi connectivity index (χ1n) is 5.21. The summed E-state index contributed by atoms with van der Waals surface area (Å²) in [4.78, 5) is 0. The van der Waals surface area contributed by atoms with Crippen LogP contribution in [0.5, 0.6) is 5.75 Å². The van der Waals surface area contributed by atoms with Crippen LogP contribution in [0.15, 0.2) is 24.3 Å². The first-order chi connectivity index (χ1) is 7.61. The van der Waals surface area contributed by atoms with Crippen molar-refractivity contribution >= 4 is 0 Å². The summed E-state index contributed by atoms with van der Waals surface area (Å²) in [5.41, 5.74) is 5.96. The molecule has 1 aromatic rings. The van der Waals surface area contributed by atoms with Crippen LogP contribution in [0.25, 0.3) is 0 Å². The van der Waals surface area contributed by atoms with E-state index >= 15 is 0 Å². The Morgan fingerprint density at radius 1 is 1.12 bits per heavy atom. The quantitative estimate of drug-likeness (QED) is 0.866. The van der Waals surface area contributed by atoms with Crippen molar-refractivity contribution in [1.82, 2.24) is 0 Å². The van der Waals surface area contributed by atoms with Gasteiger partial charge in [-0.25, -0.2) is 0 Å². The van der Waals surface area contributed by atoms with Crippen LogP contribution in [0, 0.1) is 5.41 Å². The molecule has 96 valence electrons. The highest BCUT2D eigenvalue weighted by atomic mass is 19.4. The summed E-state index contributed by atoms with van der Waals surface area (Å²) < 4.78 is 40.6. The minimum atomic E-state index is -4.70. The van der Waals surface area contributed by atoms with Crippen molar-refractivity contribution in [1.29, 1.82) is 0 Å². The lowest BCUT2D eigenvalue weighted by Gasteiger charge is -2.28. The molecule has 0 aliphatic carbocycles. The zero-order valence-electron chi connectivity index (χ0n) is 10.0. The lowest BCUT2D eigenvalue weighted by atomic mass is 9.83. The standard InChI is InChI=1S/C12H16F3NO/c1-11(2,3)10(16)8-6-4-5-7-9(8)17-12(13,14)15/h4-7,10H,16H2,1-3H3/t10-/m1/s1. The molecule has 0 radical (unpaired) electrons. The molecule has 1 aromatic carbocycles. The van der Waals surface area contributed by atoms with Crippen LogP contribution >= 0.6 is 0 Å². The molecule has 0 fully saturated rings. The van der Waals surface area contributed by atoms with E-state index in [1.54, 1.807) is 12.1 Å². The number of ether oxygens (including phenoxy) is 1. The van der Waals surface area contributed by atoms with E-state index in [0.717, 1.165) is 0 Å². The number of para-hydroxylation sites is 1. The molecule has 0 amide bonds. The molecule has 0 aromatic heterocycles. The van der Waals surface area contributed by atoms with E-state index in [0.29, 0.717) is 5.56 Å². The van der Waals surface area contributed by atoms with Gasteiger partial charge in [0.15, 0.2) is 0 Å². The number of nitrogens with two attached hydrogens (primary N) is 1. The minimum Gasteiger partial charge on any atom is -0.405 e. The van der Waals surface area contributed by atoms with Gasteiger partial charge in [0.1, 0.15) is 5.75 Å². The van der Waals surface area contributed by atoms with E-state index in [2.05, 4.69) is 4.74 Å². The highest BCUT2D eigenvalue weighted by Gasteiger charge is 2.34. The smallest absolute Gasteiger partial charge is 0.405 e. The molecule has 0 bridgehead atoms. The van der Waals surface area contributed by atoms with Crippen LogP contribution in [-0.2, 0) is 0 Å². The fraction of sp³-hybridized carbons (Fsp3) is 0.500. The zero-order valence-corrected chi connectivity index (χ0v) is 10.0. The van der Waals surface area contributed by atoms with Gasteiger partial charge in [-0.05, 0) is 11.5 Å². The Morgan fingerprint density at radius 2 is 1.65 bits per heavy atom. The molecule has 0 unspecified atom stereocenters. The summed E-state index contributed by atoms with van der Waals surface area (Å²) in [6.45, 7) is 5.59. The van der Waals surface area contributed by atoms with Gasteiger partial charge in [0.05, 0.1) is 0 Å². The topological polar surface area (TPSA) is 35.2 Å². The van der Waals surface area contributed by atoms with Gasteiger partial charge in [0.25, 0.3) is 0 Å². The Labute approximate surface area is 98.6 Å². The summed E-state index contributed by atoms with van der Waals surface area (Å²) in [6.07, 6.45) is -4.70. The molecule has 0 aliphatic heterocycles. The van der Waals surface area contributed by atoms with Crippen LogP contribution in [0.1, 0.15) is 32.4 Å². The van der Waals surface area contributed by atoms with E-state index in [1.807, 2.05) is 20.8 Å². The minimum absolute atomic E-state index is 0.234. The molecule has 5 heteroatoms. The van der Waals surface area contributed by atoms with E-state index in [4.69, 9.17) is 5.73 Å². The zero-order chi connectivity index (χ0) is 13.3. The summed E-state index contributed by atoms with van der Waals surface area (Å²) in [6, 6.07) is 5.43. The third-order valence-corrected chi connectivity index (χ3v) is 2.41. The van der Waals surface area contributed by atoms with Crippen LogP contribution in [0.4, 0.5) is 13.2 Å². The van der Waals surface area contributed by atoms with Crippen molar-refractivity contribution in [2.75, 3.05) is 0 Å². The molecule has 0 saturated heterocycles. The lowest BCUT2D eigenvalue weighted by Crippen LogP contribution is -2.28. The third-order valence-electron chi connectivity index (χ3n) is 2.41. The maximum atomic E-state index is 12.2. The number of hydrogen-bond acceptors (Lipinski definition) is 2. The molecular formula is C12H16F3NO. The first-order valence-corrected chi connectivity index (χ1v) is 5.21. The van der Waals surface area contributed by atoms with Gasteiger partial charge >= 0.3 is 6.36 Å². The second-order valence-electron chi connectivity index (χ2n) is 4.93. The number of hydrogen-bond donors (Lipinski definition) is 1. The first kappa shape index (κ1) is 13.8. The largest absolute Gasteiger partial charge is 0.573 e. The van der Waals surface area contributed by atoms with Crippen molar-refractivity contribution in [3.63, 3.8) is 0 Å². The molecule has 1 atom stereocenters. The van der Waals surface area contributed by atoms with Crippen LogP contribution in [-0.4, -0.2) is 6.36 Å². The summed E-state index contributed by atoms with van der Waals surface area (Å²) in [5.74, 6) is -0.234. The molecule has 1 rings (SSSR count). The predicted molar refractivity (Wildman–Crippen MR) is 59.5 cm³/mol. The van der Waals surface area contributed by atoms with Crippen LogP contribution in [0.2, 0.25) is 0 Å². The van der Waals surface area contributed by atoms with Gasteiger partial charge in [-0.2, -0.15) is 0 Å². The van der Waals surface area contributed by atoms with Gasteiger partial charge in [-0.15, -0.1) is 13.2 Å². The van der Waals surface area contributed by atoms with E-state index in [9.17, 15) is 13.2 Å². The Bertz CT molecular complexity index is 382. The predicted octanol–water partition coefficient (Wildman–Crippen LogP) is 3.63. The van der Waals surface area contributed by atoms with Crippen molar-refractivity contribution in [3.05, 3.63) is 29.8 Å². The number of halogens is 3. The monoisotopic (exact) mass is 247 g/mol. The van der Waals surface area contributed by atoms with Gasteiger partial charge in [0, 0.05) is 11.6 Å². The average Bonchev–Trinajstić information content (AvgIpc) is 2.13. The maximum Gasteiger partial charge on any atom is 0.573 e. The van der Waals surface area contributed by atoms with Gasteiger partial charge < -0.3 is 10.5 Å². The van der Waals surface area contributed by atoms with Gasteiger partial charge in [-0.1, -0.05) is 39.0 Å². The molecule has 0 heterocycles. The summed E-state index contributed by atoms with van der Waals surface area (Å²) in [5, 5.41) is 0. The van der Waals surface area contributed by atoms with Crippen molar-refractivity contribution < 1.29 is 17.9 Å². The van der Waals surface area contributed by atoms with E-state index in [-0.39, 0.29) is 11.2 Å². The van der Waals surface area contributed by atoms with E-state index in [1.165, 1.54) is 12.1 Å². The Morgan fingerprint density at radius 3 is 2.12 bits per heavy atom. The van der Waals surface area contributed by atoms with Gasteiger partial charge in [-0.3, -0.25) is 0 Å². The second kappa shape index (κ2) is 4.56. The summed E-state index contributed by atoms with van der Waals surface area (Å²) >= 11 is 0. The fourth-order valence-corrected chi connectivity index (χ4v) is 1.42. The molecule has 2 nitrogen and oxygen atoms in total. The van der Waals surface area contributed by atoms with Crippen molar-refractivity contribution in [2.45, 2.75) is 33.2 Å². The van der Waals surface area contributed by atoms with Crippen LogP contribution in [0.3, 0.4) is 0 Å². The molecule has 0 spiro atoms.